The first-order chi connectivity index (χ1) is 11.1. The molecule has 0 spiro atoms. The molecule has 2 aromatic heterocycles. The Balaban J connectivity index is 1.60. The third-order valence-electron chi connectivity index (χ3n) is 4.27. The van der Waals surface area contributed by atoms with Gasteiger partial charge in [-0.15, -0.1) is 0 Å². The molecule has 1 aliphatic rings. The average Bonchev–Trinajstić information content (AvgIpc) is 3.08. The number of aromatic nitrogens is 1. The van der Waals surface area contributed by atoms with E-state index in [4.69, 9.17) is 4.42 Å². The van der Waals surface area contributed by atoms with Crippen LogP contribution in [0.25, 0.3) is 11.5 Å². The monoisotopic (exact) mass is 334 g/mol. The highest BCUT2D eigenvalue weighted by Crippen LogP contribution is 2.24. The van der Waals surface area contributed by atoms with Crippen molar-refractivity contribution in [2.24, 2.45) is 5.92 Å². The van der Waals surface area contributed by atoms with Crippen molar-refractivity contribution >= 4 is 10.0 Å². The van der Waals surface area contributed by atoms with Gasteiger partial charge >= 0.3 is 0 Å². The zero-order valence-corrected chi connectivity index (χ0v) is 13.9. The summed E-state index contributed by atoms with van der Waals surface area (Å²) >= 11 is 0. The van der Waals surface area contributed by atoms with Crippen LogP contribution in [0.3, 0.4) is 0 Å². The summed E-state index contributed by atoms with van der Waals surface area (Å²) in [5.41, 5.74) is 1.58. The van der Waals surface area contributed by atoms with Crippen molar-refractivity contribution in [2.75, 3.05) is 5.75 Å². The smallest absolute Gasteiger partial charge is 0.212 e. The predicted octanol–water partition coefficient (Wildman–Crippen LogP) is 3.34. The Bertz CT molecular complexity index is 720. The molecule has 0 amide bonds. The summed E-state index contributed by atoms with van der Waals surface area (Å²) in [6.45, 7) is 0.283. The molecule has 2 aromatic rings. The van der Waals surface area contributed by atoms with Gasteiger partial charge in [-0.25, -0.2) is 13.1 Å². The van der Waals surface area contributed by atoms with Crippen molar-refractivity contribution in [1.82, 2.24) is 9.71 Å². The number of nitrogens with one attached hydrogen (secondary N) is 1. The Morgan fingerprint density at radius 2 is 2.04 bits per heavy atom. The van der Waals surface area contributed by atoms with Gasteiger partial charge in [0.15, 0.2) is 5.76 Å². The fourth-order valence-corrected chi connectivity index (χ4v) is 4.52. The van der Waals surface area contributed by atoms with Crippen molar-refractivity contribution in [3.63, 3.8) is 0 Å². The lowest BCUT2D eigenvalue weighted by molar-refractivity contribution is 0.384. The highest BCUT2D eigenvalue weighted by molar-refractivity contribution is 7.89. The van der Waals surface area contributed by atoms with Gasteiger partial charge in [-0.05, 0) is 48.6 Å². The van der Waals surface area contributed by atoms with Crippen LogP contribution in [0.5, 0.6) is 0 Å². The van der Waals surface area contributed by atoms with Crippen molar-refractivity contribution in [3.8, 4) is 11.5 Å². The molecule has 2 heterocycles. The van der Waals surface area contributed by atoms with Crippen LogP contribution in [0.4, 0.5) is 0 Å². The number of nitrogens with zero attached hydrogens (tertiary/aromatic N) is 1. The lowest BCUT2D eigenvalue weighted by Crippen LogP contribution is -2.30. The second-order valence-corrected chi connectivity index (χ2v) is 7.98. The molecule has 0 aromatic carbocycles. The molecule has 0 radical (unpaired) electrons. The maximum Gasteiger partial charge on any atom is 0.212 e. The Kier molecular flexibility index (Phi) is 5.13. The number of sulfonamides is 1. The maximum atomic E-state index is 12.2. The minimum Gasteiger partial charge on any atom is -0.463 e. The van der Waals surface area contributed by atoms with Gasteiger partial charge in [0.2, 0.25) is 10.0 Å². The first-order valence-electron chi connectivity index (χ1n) is 8.08. The van der Waals surface area contributed by atoms with E-state index in [1.165, 1.54) is 6.42 Å². The Hall–Kier alpha value is -1.66. The SMILES string of the molecule is O=S(=O)(CC1CCCCC1)NCc1ccnc(-c2ccco2)c1. The first-order valence-corrected chi connectivity index (χ1v) is 9.74. The first kappa shape index (κ1) is 16.2. The minimum absolute atomic E-state index is 0.239. The summed E-state index contributed by atoms with van der Waals surface area (Å²) < 4.78 is 32.5. The molecular formula is C17H22N2O3S. The van der Waals surface area contributed by atoms with Gasteiger partial charge in [-0.2, -0.15) is 0 Å². The molecule has 0 aliphatic heterocycles. The number of rotatable bonds is 6. The van der Waals surface area contributed by atoms with Crippen LogP contribution in [0.2, 0.25) is 0 Å². The molecule has 23 heavy (non-hydrogen) atoms. The zero-order chi connectivity index (χ0) is 16.1. The molecule has 124 valence electrons. The molecule has 0 saturated heterocycles. The van der Waals surface area contributed by atoms with Crippen LogP contribution in [0.15, 0.2) is 41.1 Å². The van der Waals surface area contributed by atoms with Gasteiger partial charge in [0, 0.05) is 12.7 Å². The van der Waals surface area contributed by atoms with Crippen LogP contribution >= 0.6 is 0 Å². The second kappa shape index (κ2) is 7.27. The quantitative estimate of drug-likeness (QED) is 0.879. The summed E-state index contributed by atoms with van der Waals surface area (Å²) in [7, 11) is -3.24. The second-order valence-electron chi connectivity index (χ2n) is 6.13. The maximum absolute atomic E-state index is 12.2. The molecule has 1 fully saturated rings. The van der Waals surface area contributed by atoms with E-state index in [9.17, 15) is 8.42 Å². The van der Waals surface area contributed by atoms with E-state index in [2.05, 4.69) is 9.71 Å². The zero-order valence-electron chi connectivity index (χ0n) is 13.1. The fourth-order valence-electron chi connectivity index (χ4n) is 3.06. The van der Waals surface area contributed by atoms with Gasteiger partial charge in [0.05, 0.1) is 12.0 Å². The lowest BCUT2D eigenvalue weighted by Gasteiger charge is -2.21. The molecule has 0 bridgehead atoms. The van der Waals surface area contributed by atoms with Gasteiger partial charge < -0.3 is 4.42 Å². The molecule has 3 rings (SSSR count). The minimum atomic E-state index is -3.24. The molecular weight excluding hydrogens is 312 g/mol. The molecule has 5 nitrogen and oxygen atoms in total. The molecule has 1 aliphatic carbocycles. The molecule has 6 heteroatoms. The number of hydrogen-bond donors (Lipinski definition) is 1. The normalized spacial score (nSPS) is 16.5. The van der Waals surface area contributed by atoms with Gasteiger partial charge in [-0.1, -0.05) is 19.3 Å². The van der Waals surface area contributed by atoms with Crippen molar-refractivity contribution in [2.45, 2.75) is 38.6 Å². The largest absolute Gasteiger partial charge is 0.463 e. The van der Waals surface area contributed by atoms with E-state index >= 15 is 0 Å². The van der Waals surface area contributed by atoms with Crippen LogP contribution in [-0.2, 0) is 16.6 Å². The van der Waals surface area contributed by atoms with Crippen molar-refractivity contribution < 1.29 is 12.8 Å². The molecule has 0 atom stereocenters. The highest BCUT2D eigenvalue weighted by atomic mass is 32.2. The van der Waals surface area contributed by atoms with Crippen LogP contribution < -0.4 is 4.72 Å². The Morgan fingerprint density at radius 3 is 2.78 bits per heavy atom. The Morgan fingerprint density at radius 1 is 1.22 bits per heavy atom. The van der Waals surface area contributed by atoms with E-state index in [0.29, 0.717) is 17.4 Å². The van der Waals surface area contributed by atoms with Crippen molar-refractivity contribution in [1.29, 1.82) is 0 Å². The fraction of sp³-hybridized carbons (Fsp3) is 0.471. The average molecular weight is 334 g/mol. The Labute approximate surface area is 137 Å². The van der Waals surface area contributed by atoms with E-state index in [0.717, 1.165) is 31.2 Å². The highest BCUT2D eigenvalue weighted by Gasteiger charge is 2.21. The summed E-state index contributed by atoms with van der Waals surface area (Å²) in [6, 6.07) is 7.30. The van der Waals surface area contributed by atoms with Crippen LogP contribution in [0, 0.1) is 5.92 Å². The summed E-state index contributed by atoms with van der Waals surface area (Å²) in [6.07, 6.45) is 8.85. The number of furan rings is 1. The third kappa shape index (κ3) is 4.65. The van der Waals surface area contributed by atoms with Gasteiger partial charge in [0.1, 0.15) is 5.69 Å². The summed E-state index contributed by atoms with van der Waals surface area (Å²) in [5.74, 6) is 1.22. The number of pyridine rings is 1. The van der Waals surface area contributed by atoms with E-state index in [1.807, 2.05) is 18.2 Å². The van der Waals surface area contributed by atoms with Gasteiger partial charge in [0.25, 0.3) is 0 Å². The van der Waals surface area contributed by atoms with E-state index in [1.54, 1.807) is 18.5 Å². The van der Waals surface area contributed by atoms with Crippen molar-refractivity contribution in [3.05, 3.63) is 42.3 Å². The van der Waals surface area contributed by atoms with Crippen LogP contribution in [-0.4, -0.2) is 19.2 Å². The summed E-state index contributed by atoms with van der Waals surface area (Å²) in [4.78, 5) is 4.25. The van der Waals surface area contributed by atoms with E-state index < -0.39 is 10.0 Å². The van der Waals surface area contributed by atoms with Crippen LogP contribution in [0.1, 0.15) is 37.7 Å². The lowest BCUT2D eigenvalue weighted by atomic mass is 9.91. The summed E-state index contributed by atoms with van der Waals surface area (Å²) in [5, 5.41) is 0. The molecule has 1 saturated carbocycles. The molecule has 1 N–H and O–H groups in total. The predicted molar refractivity (Wildman–Crippen MR) is 89.1 cm³/mol. The third-order valence-corrected chi connectivity index (χ3v) is 5.77. The number of hydrogen-bond acceptors (Lipinski definition) is 4. The molecule has 0 unspecified atom stereocenters. The van der Waals surface area contributed by atoms with E-state index in [-0.39, 0.29) is 12.3 Å². The van der Waals surface area contributed by atoms with Gasteiger partial charge in [-0.3, -0.25) is 4.98 Å². The standard InChI is InChI=1S/C17H22N2O3S/c20-23(21,13-14-5-2-1-3-6-14)19-12-15-8-9-18-16(11-15)17-7-4-10-22-17/h4,7-11,14,19H,1-3,5-6,12-13H2. The topological polar surface area (TPSA) is 72.2 Å².